The van der Waals surface area contributed by atoms with Crippen molar-refractivity contribution in [2.45, 2.75) is 25.9 Å². The minimum absolute atomic E-state index is 0.108. The van der Waals surface area contributed by atoms with Gasteiger partial charge in [0.15, 0.2) is 0 Å². The molecule has 1 aliphatic heterocycles. The van der Waals surface area contributed by atoms with Gasteiger partial charge in [-0.05, 0) is 5.92 Å². The maximum absolute atomic E-state index is 11.8. The normalized spacial score (nSPS) is 32.5. The third kappa shape index (κ3) is 3.35. The summed E-state index contributed by atoms with van der Waals surface area (Å²) in [5.41, 5.74) is 0. The van der Waals surface area contributed by atoms with Crippen molar-refractivity contribution < 1.29 is 27.6 Å². The van der Waals surface area contributed by atoms with Gasteiger partial charge in [-0.1, -0.05) is 6.92 Å². The molecular formula is C8H12F3NO3. The Kier molecular flexibility index (Phi) is 3.25. The molecule has 0 aliphatic carbocycles. The predicted octanol–water partition coefficient (Wildman–Crippen LogP) is 1.75. The fourth-order valence-corrected chi connectivity index (χ4v) is 1.38. The Bertz CT molecular complexity index is 246. The largest absolute Gasteiger partial charge is 0.589 e. The number of rotatable bonds is 1. The summed E-state index contributed by atoms with van der Waals surface area (Å²) < 4.78 is 35.5. The van der Waals surface area contributed by atoms with E-state index < -0.39 is 17.0 Å². The number of carbonyl (C=O) groups is 1. The van der Waals surface area contributed by atoms with Gasteiger partial charge in [-0.2, -0.15) is 18.0 Å². The summed E-state index contributed by atoms with van der Waals surface area (Å²) in [6, 6.07) is 0. The van der Waals surface area contributed by atoms with E-state index in [1.54, 1.807) is 0 Å². The number of quaternary nitrogens is 1. The van der Waals surface area contributed by atoms with Gasteiger partial charge in [0.1, 0.15) is 13.1 Å². The molecule has 1 rings (SSSR count). The molecule has 0 amide bonds. The van der Waals surface area contributed by atoms with Crippen molar-refractivity contribution in [2.24, 2.45) is 5.92 Å². The van der Waals surface area contributed by atoms with E-state index in [9.17, 15) is 23.2 Å². The third-order valence-corrected chi connectivity index (χ3v) is 2.41. The number of piperidine rings is 1. The van der Waals surface area contributed by atoms with Crippen molar-refractivity contribution in [3.05, 3.63) is 5.21 Å². The molecule has 0 spiro atoms. The van der Waals surface area contributed by atoms with Crippen LogP contribution in [-0.4, -0.2) is 30.0 Å². The van der Waals surface area contributed by atoms with Crippen molar-refractivity contribution in [1.29, 1.82) is 0 Å². The van der Waals surface area contributed by atoms with E-state index in [1.807, 2.05) is 6.92 Å². The zero-order chi connectivity index (χ0) is 11.7. The molecule has 7 heteroatoms. The minimum Gasteiger partial charge on any atom is -0.589 e. The quantitative estimate of drug-likeness (QED) is 0.506. The Balaban J connectivity index is 2.54. The van der Waals surface area contributed by atoms with Crippen molar-refractivity contribution in [1.82, 2.24) is 0 Å². The second kappa shape index (κ2) is 3.97. The smallest absolute Gasteiger partial charge is 0.497 e. The molecule has 0 aromatic heterocycles. The van der Waals surface area contributed by atoms with Crippen molar-refractivity contribution in [2.75, 3.05) is 13.1 Å². The second-order valence-electron chi connectivity index (χ2n) is 3.82. The monoisotopic (exact) mass is 227 g/mol. The summed E-state index contributed by atoms with van der Waals surface area (Å²) in [7, 11) is 0. The van der Waals surface area contributed by atoms with Crippen molar-refractivity contribution >= 4 is 5.97 Å². The molecule has 0 radical (unpaired) electrons. The lowest BCUT2D eigenvalue weighted by Gasteiger charge is -2.41. The van der Waals surface area contributed by atoms with Gasteiger partial charge in [-0.15, -0.1) is 0 Å². The van der Waals surface area contributed by atoms with Crippen LogP contribution >= 0.6 is 0 Å². The Morgan fingerprint density at radius 3 is 2.27 bits per heavy atom. The Labute approximate surface area is 84.7 Å². The average Bonchev–Trinajstić information content (AvgIpc) is 2.09. The Morgan fingerprint density at radius 1 is 1.40 bits per heavy atom. The number of hydrogen-bond donors (Lipinski definition) is 0. The molecule has 1 saturated heterocycles. The highest BCUT2D eigenvalue weighted by atomic mass is 19.4. The van der Waals surface area contributed by atoms with Crippen LogP contribution in [0.1, 0.15) is 19.8 Å². The van der Waals surface area contributed by atoms with Gasteiger partial charge in [0.2, 0.25) is 0 Å². The number of hydroxylamine groups is 4. The SMILES string of the molecule is CC1CC[N+]([O-])(OC(=O)C(F)(F)F)CC1. The molecule has 1 heterocycles. The van der Waals surface area contributed by atoms with E-state index in [-0.39, 0.29) is 19.0 Å². The number of alkyl halides is 3. The zero-order valence-corrected chi connectivity index (χ0v) is 8.21. The molecule has 1 aliphatic rings. The van der Waals surface area contributed by atoms with Crippen LogP contribution in [0.2, 0.25) is 0 Å². The van der Waals surface area contributed by atoms with Crippen LogP contribution in [0.5, 0.6) is 0 Å². The standard InChI is InChI=1S/C8H12F3NO3/c1-6-2-4-12(14,5-3-6)15-7(13)8(9,10)11/h6H,2-5H2,1H3. The molecule has 0 aromatic rings. The lowest BCUT2D eigenvalue weighted by Crippen LogP contribution is -2.51. The molecule has 0 bridgehead atoms. The molecule has 88 valence electrons. The fraction of sp³-hybridized carbons (Fsp3) is 0.875. The molecule has 0 atom stereocenters. The topological polar surface area (TPSA) is 49.4 Å². The summed E-state index contributed by atoms with van der Waals surface area (Å²) in [5.74, 6) is -2.12. The van der Waals surface area contributed by atoms with Crippen molar-refractivity contribution in [3.63, 3.8) is 0 Å². The van der Waals surface area contributed by atoms with Gasteiger partial charge in [-0.25, -0.2) is 4.79 Å². The van der Waals surface area contributed by atoms with Crippen LogP contribution in [-0.2, 0) is 9.63 Å². The fourth-order valence-electron chi connectivity index (χ4n) is 1.38. The van der Waals surface area contributed by atoms with Crippen LogP contribution < -0.4 is 0 Å². The highest BCUT2D eigenvalue weighted by Crippen LogP contribution is 2.26. The van der Waals surface area contributed by atoms with Crippen LogP contribution in [0.15, 0.2) is 0 Å². The summed E-state index contributed by atoms with van der Waals surface area (Å²) in [6.45, 7) is 1.68. The van der Waals surface area contributed by atoms with Gasteiger partial charge >= 0.3 is 12.1 Å². The summed E-state index contributed by atoms with van der Waals surface area (Å²) in [4.78, 5) is 12.9. The zero-order valence-electron chi connectivity index (χ0n) is 8.21. The lowest BCUT2D eigenvalue weighted by molar-refractivity contribution is -1.05. The molecule has 0 N–H and O–H groups in total. The van der Waals surface area contributed by atoms with Gasteiger partial charge in [0, 0.05) is 12.8 Å². The number of hydrogen-bond acceptors (Lipinski definition) is 3. The van der Waals surface area contributed by atoms with Gasteiger partial charge in [0.05, 0.1) is 0 Å². The molecule has 0 aromatic carbocycles. The summed E-state index contributed by atoms with van der Waals surface area (Å²) >= 11 is 0. The summed E-state index contributed by atoms with van der Waals surface area (Å²) in [5, 5.41) is 11.5. The van der Waals surface area contributed by atoms with Crippen LogP contribution in [0, 0.1) is 11.1 Å². The van der Waals surface area contributed by atoms with E-state index in [0.29, 0.717) is 12.8 Å². The van der Waals surface area contributed by atoms with E-state index in [0.717, 1.165) is 0 Å². The van der Waals surface area contributed by atoms with Crippen LogP contribution in [0.4, 0.5) is 13.2 Å². The predicted molar refractivity (Wildman–Crippen MR) is 43.9 cm³/mol. The second-order valence-corrected chi connectivity index (χ2v) is 3.82. The molecular weight excluding hydrogens is 215 g/mol. The first-order valence-electron chi connectivity index (χ1n) is 4.62. The molecule has 1 fully saturated rings. The number of halogens is 3. The van der Waals surface area contributed by atoms with E-state index in [2.05, 4.69) is 4.84 Å². The first-order chi connectivity index (χ1) is 6.73. The Hall–Kier alpha value is -0.820. The van der Waals surface area contributed by atoms with Crippen LogP contribution in [0.25, 0.3) is 0 Å². The van der Waals surface area contributed by atoms with E-state index in [4.69, 9.17) is 0 Å². The van der Waals surface area contributed by atoms with Crippen molar-refractivity contribution in [3.8, 4) is 0 Å². The van der Waals surface area contributed by atoms with Crippen LogP contribution in [0.3, 0.4) is 0 Å². The molecule has 15 heavy (non-hydrogen) atoms. The maximum atomic E-state index is 11.8. The van der Waals surface area contributed by atoms with E-state index >= 15 is 0 Å². The van der Waals surface area contributed by atoms with E-state index in [1.165, 1.54) is 0 Å². The highest BCUT2D eigenvalue weighted by Gasteiger charge is 2.46. The minimum atomic E-state index is -5.10. The van der Waals surface area contributed by atoms with Gasteiger partial charge < -0.3 is 5.21 Å². The number of nitrogens with zero attached hydrogens (tertiary/aromatic N) is 1. The Morgan fingerprint density at radius 2 is 1.87 bits per heavy atom. The first-order valence-corrected chi connectivity index (χ1v) is 4.62. The molecule has 0 saturated carbocycles. The van der Waals surface area contributed by atoms with Gasteiger partial charge in [-0.3, -0.25) is 4.84 Å². The third-order valence-electron chi connectivity index (χ3n) is 2.41. The maximum Gasteiger partial charge on any atom is 0.497 e. The number of carbonyl (C=O) groups excluding carboxylic acids is 1. The molecule has 0 unspecified atom stereocenters. The highest BCUT2D eigenvalue weighted by molar-refractivity contribution is 5.74. The molecule has 4 nitrogen and oxygen atoms in total. The van der Waals surface area contributed by atoms with Gasteiger partial charge in [0.25, 0.3) is 0 Å². The average molecular weight is 227 g/mol. The first kappa shape index (κ1) is 12.3. The summed E-state index contributed by atoms with van der Waals surface area (Å²) in [6.07, 6.45) is -4.16. The lowest BCUT2D eigenvalue weighted by atomic mass is 10.0.